The van der Waals surface area contributed by atoms with Gasteiger partial charge in [0.1, 0.15) is 0 Å². The van der Waals surface area contributed by atoms with Gasteiger partial charge in [0.15, 0.2) is 0 Å². The summed E-state index contributed by atoms with van der Waals surface area (Å²) in [5.41, 5.74) is 13.5. The Morgan fingerprint density at radius 1 is 0.475 bits per heavy atom. The third-order valence-electron chi connectivity index (χ3n) is 13.2. The average molecular weight is 801 g/mol. The highest BCUT2D eigenvalue weighted by Gasteiger charge is 2.25. The Morgan fingerprint density at radius 2 is 1.13 bits per heavy atom. The predicted octanol–water partition coefficient (Wildman–Crippen LogP) is 17.2. The lowest BCUT2D eigenvalue weighted by molar-refractivity contribution is 0.445. The maximum absolute atomic E-state index is 2.55. The Balaban J connectivity index is 1.12. The van der Waals surface area contributed by atoms with Gasteiger partial charge in [0.2, 0.25) is 0 Å². The first kappa shape index (κ1) is 36.0. The van der Waals surface area contributed by atoms with Crippen LogP contribution < -0.4 is 4.90 Å². The molecule has 0 spiro atoms. The van der Waals surface area contributed by atoms with Crippen molar-refractivity contribution in [3.63, 3.8) is 0 Å². The summed E-state index contributed by atoms with van der Waals surface area (Å²) >= 11 is 1.89. The molecule has 0 saturated heterocycles. The van der Waals surface area contributed by atoms with Gasteiger partial charge in [-0.15, -0.1) is 11.3 Å². The Hall–Kier alpha value is -6.94. The number of benzene rings is 9. The first-order chi connectivity index (χ1) is 30.3. The van der Waals surface area contributed by atoms with E-state index >= 15 is 0 Å². The number of nitrogens with zero attached hydrogens (tertiary/aromatic N) is 2. The molecule has 1 saturated carbocycles. The lowest BCUT2D eigenvalue weighted by Crippen LogP contribution is -2.12. The number of aromatic nitrogens is 1. The number of hydrogen-bond acceptors (Lipinski definition) is 2. The van der Waals surface area contributed by atoms with Gasteiger partial charge in [0, 0.05) is 48.7 Å². The van der Waals surface area contributed by atoms with Gasteiger partial charge in [0.05, 0.1) is 27.1 Å². The van der Waals surface area contributed by atoms with E-state index in [2.05, 4.69) is 210 Å². The van der Waals surface area contributed by atoms with Crippen LogP contribution in [0.4, 0.5) is 17.1 Å². The number of thiophene rings is 1. The van der Waals surface area contributed by atoms with Crippen LogP contribution >= 0.6 is 11.3 Å². The first-order valence-electron chi connectivity index (χ1n) is 21.8. The molecule has 1 aliphatic carbocycles. The molecule has 1 fully saturated rings. The summed E-state index contributed by atoms with van der Waals surface area (Å²) in [5, 5.41) is 7.82. The van der Waals surface area contributed by atoms with Crippen molar-refractivity contribution in [1.82, 2.24) is 4.57 Å². The van der Waals surface area contributed by atoms with E-state index in [1.54, 1.807) is 0 Å². The van der Waals surface area contributed by atoms with E-state index in [-0.39, 0.29) is 0 Å². The van der Waals surface area contributed by atoms with Gasteiger partial charge in [-0.3, -0.25) is 0 Å². The van der Waals surface area contributed by atoms with E-state index < -0.39 is 0 Å². The first-order valence-corrected chi connectivity index (χ1v) is 22.6. The number of fused-ring (bicyclic) bond motifs is 7. The molecule has 11 aromatic rings. The van der Waals surface area contributed by atoms with E-state index in [0.717, 1.165) is 11.4 Å². The van der Waals surface area contributed by atoms with Crippen molar-refractivity contribution in [2.75, 3.05) is 4.90 Å². The van der Waals surface area contributed by atoms with E-state index in [1.165, 1.54) is 124 Å². The van der Waals surface area contributed by atoms with Crippen molar-refractivity contribution in [3.8, 4) is 27.9 Å². The van der Waals surface area contributed by atoms with E-state index in [9.17, 15) is 0 Å². The van der Waals surface area contributed by atoms with Crippen molar-refractivity contribution in [2.24, 2.45) is 0 Å². The van der Waals surface area contributed by atoms with Crippen molar-refractivity contribution in [1.29, 1.82) is 0 Å². The molecule has 0 atom stereocenters. The van der Waals surface area contributed by atoms with Crippen LogP contribution in [0.3, 0.4) is 0 Å². The number of anilines is 3. The fraction of sp³-hybridized carbons (Fsp3) is 0.103. The highest BCUT2D eigenvalue weighted by Crippen LogP contribution is 2.50. The molecule has 0 aliphatic heterocycles. The normalized spacial score (nSPS) is 13.5. The van der Waals surface area contributed by atoms with Crippen molar-refractivity contribution >= 4 is 81.1 Å². The summed E-state index contributed by atoms with van der Waals surface area (Å²) in [7, 11) is 0. The molecule has 3 heteroatoms. The Bertz CT molecular complexity index is 3420. The molecule has 0 N–H and O–H groups in total. The van der Waals surface area contributed by atoms with E-state index in [4.69, 9.17) is 0 Å². The molecule has 61 heavy (non-hydrogen) atoms. The molecule has 292 valence electrons. The number of rotatable bonds is 7. The van der Waals surface area contributed by atoms with Crippen LogP contribution in [0.15, 0.2) is 200 Å². The predicted molar refractivity (Wildman–Crippen MR) is 263 cm³/mol. The summed E-state index contributed by atoms with van der Waals surface area (Å²) in [4.78, 5) is 2.55. The molecular formula is C58H44N2S. The molecule has 0 bridgehead atoms. The molecule has 0 unspecified atom stereocenters. The monoisotopic (exact) mass is 800 g/mol. The van der Waals surface area contributed by atoms with E-state index in [1.807, 2.05) is 11.3 Å². The van der Waals surface area contributed by atoms with Gasteiger partial charge >= 0.3 is 0 Å². The van der Waals surface area contributed by atoms with Crippen LogP contribution in [0, 0.1) is 0 Å². The zero-order chi connectivity index (χ0) is 40.3. The van der Waals surface area contributed by atoms with Crippen LogP contribution in [-0.4, -0.2) is 4.57 Å². The third-order valence-corrected chi connectivity index (χ3v) is 14.4. The summed E-state index contributed by atoms with van der Waals surface area (Å²) < 4.78 is 5.04. The Morgan fingerprint density at radius 3 is 2.03 bits per heavy atom. The maximum Gasteiger partial charge on any atom is 0.0640 e. The Kier molecular flexibility index (Phi) is 8.82. The van der Waals surface area contributed by atoms with Crippen molar-refractivity contribution in [3.05, 3.63) is 206 Å². The minimum atomic E-state index is 0.583. The second-order valence-corrected chi connectivity index (χ2v) is 17.7. The molecule has 2 aromatic heterocycles. The zero-order valence-corrected chi connectivity index (χ0v) is 34.8. The minimum Gasteiger partial charge on any atom is -0.309 e. The topological polar surface area (TPSA) is 8.17 Å². The van der Waals surface area contributed by atoms with Gasteiger partial charge < -0.3 is 9.47 Å². The lowest BCUT2D eigenvalue weighted by Gasteiger charge is -2.30. The molecule has 0 radical (unpaired) electrons. The standard InChI is InChI=1S/C58H44N2S/c1-3-18-39(19-4-1)44-29-14-20-40-21-15-31-49(56(40)44)46-26-7-10-34-52(46)59(54-36-17-33-51-48-28-9-12-37-55(48)61-58(51)54)43-25-13-22-41(38-43)45-30-16-32-50-47-27-8-11-35-53(47)60(57(45)50)42-23-5-2-6-24-42/h2,5-17,20-39H,1,3-4,18-19H2. The molecule has 2 nitrogen and oxygen atoms in total. The van der Waals surface area contributed by atoms with Crippen molar-refractivity contribution < 1.29 is 0 Å². The largest absolute Gasteiger partial charge is 0.309 e. The molecule has 12 rings (SSSR count). The number of hydrogen-bond donors (Lipinski definition) is 0. The summed E-state index contributed by atoms with van der Waals surface area (Å²) in [6.45, 7) is 0. The van der Waals surface area contributed by atoms with Crippen molar-refractivity contribution in [2.45, 2.75) is 38.0 Å². The molecule has 2 heterocycles. The fourth-order valence-electron chi connectivity index (χ4n) is 10.5. The SMILES string of the molecule is c1ccc(-n2c3ccccc3c3cccc(-c4cccc(N(c5ccccc5-c5cccc6cccc(C7CCCCC7)c56)c5cccc6c5sc5ccccc56)c4)c32)cc1. The quantitative estimate of drug-likeness (QED) is 0.156. The second kappa shape index (κ2) is 15.0. The van der Waals surface area contributed by atoms with Crippen LogP contribution in [-0.2, 0) is 0 Å². The van der Waals surface area contributed by atoms with Gasteiger partial charge in [0.25, 0.3) is 0 Å². The number of para-hydroxylation sites is 4. The minimum absolute atomic E-state index is 0.583. The smallest absolute Gasteiger partial charge is 0.0640 e. The maximum atomic E-state index is 2.55. The molecule has 0 amide bonds. The average Bonchev–Trinajstić information content (AvgIpc) is 3.89. The van der Waals surface area contributed by atoms with Gasteiger partial charge in [-0.25, -0.2) is 0 Å². The lowest BCUT2D eigenvalue weighted by atomic mass is 9.80. The zero-order valence-electron chi connectivity index (χ0n) is 34.0. The third kappa shape index (κ3) is 5.98. The van der Waals surface area contributed by atoms with E-state index in [0.29, 0.717) is 5.92 Å². The molecular weight excluding hydrogens is 757 g/mol. The highest BCUT2D eigenvalue weighted by molar-refractivity contribution is 7.26. The van der Waals surface area contributed by atoms with Gasteiger partial charge in [-0.2, -0.15) is 0 Å². The molecule has 1 aliphatic rings. The highest BCUT2D eigenvalue weighted by atomic mass is 32.1. The summed E-state index contributed by atoms with van der Waals surface area (Å²) in [6, 6.07) is 74.5. The van der Waals surface area contributed by atoms with Gasteiger partial charge in [-0.05, 0) is 94.8 Å². The molecule has 9 aromatic carbocycles. The van der Waals surface area contributed by atoms with Crippen LogP contribution in [0.1, 0.15) is 43.6 Å². The van der Waals surface area contributed by atoms with Crippen LogP contribution in [0.25, 0.3) is 80.7 Å². The summed E-state index contributed by atoms with van der Waals surface area (Å²) in [6.07, 6.45) is 6.49. The summed E-state index contributed by atoms with van der Waals surface area (Å²) in [5.74, 6) is 0.583. The van der Waals surface area contributed by atoms with Crippen LogP contribution in [0.2, 0.25) is 0 Å². The second-order valence-electron chi connectivity index (χ2n) is 16.6. The van der Waals surface area contributed by atoms with Gasteiger partial charge in [-0.1, -0.05) is 171 Å². The Labute approximate surface area is 360 Å². The van der Waals surface area contributed by atoms with Crippen LogP contribution in [0.5, 0.6) is 0 Å². The fourth-order valence-corrected chi connectivity index (χ4v) is 11.7.